The largest absolute Gasteiger partial charge is 0.493 e. The van der Waals surface area contributed by atoms with E-state index in [0.29, 0.717) is 18.0 Å². The second-order valence-electron chi connectivity index (χ2n) is 7.08. The van der Waals surface area contributed by atoms with Gasteiger partial charge < -0.3 is 19.3 Å². The molecule has 1 saturated heterocycles. The molecule has 0 radical (unpaired) electrons. The number of methoxy groups -OCH3 is 2. The van der Waals surface area contributed by atoms with Crippen LogP contribution in [-0.4, -0.2) is 50.1 Å². The van der Waals surface area contributed by atoms with Crippen molar-refractivity contribution >= 4 is 17.5 Å². The van der Waals surface area contributed by atoms with Crippen LogP contribution in [0.25, 0.3) is 0 Å². The number of carbonyl (C=O) groups is 2. The van der Waals surface area contributed by atoms with E-state index in [2.05, 4.69) is 0 Å². The molecule has 0 aromatic heterocycles. The Morgan fingerprint density at radius 1 is 1.11 bits per heavy atom. The lowest BCUT2D eigenvalue weighted by Gasteiger charge is -2.39. The van der Waals surface area contributed by atoms with Gasteiger partial charge in [0.25, 0.3) is 0 Å². The molecule has 0 aliphatic carbocycles. The lowest BCUT2D eigenvalue weighted by atomic mass is 10.1. The summed E-state index contributed by atoms with van der Waals surface area (Å²) in [6.45, 7) is 4.54. The van der Waals surface area contributed by atoms with Crippen molar-refractivity contribution < 1.29 is 19.1 Å². The van der Waals surface area contributed by atoms with Crippen LogP contribution in [0.5, 0.6) is 11.5 Å². The fourth-order valence-electron chi connectivity index (χ4n) is 3.50. The molecule has 0 unspecified atom stereocenters. The Hall–Kier alpha value is -3.02. The van der Waals surface area contributed by atoms with Crippen LogP contribution in [0.2, 0.25) is 0 Å². The highest BCUT2D eigenvalue weighted by atomic mass is 16.5. The van der Waals surface area contributed by atoms with Gasteiger partial charge >= 0.3 is 0 Å². The Kier molecular flexibility index (Phi) is 5.87. The number of aryl methyl sites for hydroxylation is 1. The topological polar surface area (TPSA) is 59.1 Å². The first kappa shape index (κ1) is 19.7. The molecule has 148 valence electrons. The summed E-state index contributed by atoms with van der Waals surface area (Å²) in [4.78, 5) is 29.0. The van der Waals surface area contributed by atoms with E-state index < -0.39 is 0 Å². The molecule has 28 heavy (non-hydrogen) atoms. The zero-order valence-corrected chi connectivity index (χ0v) is 16.8. The fourth-order valence-corrected chi connectivity index (χ4v) is 3.50. The normalized spacial score (nSPS) is 16.9. The third-order valence-electron chi connectivity index (χ3n) is 5.02. The van der Waals surface area contributed by atoms with E-state index in [1.165, 1.54) is 0 Å². The molecule has 2 amide bonds. The Bertz CT molecular complexity index is 881. The number of hydrogen-bond acceptors (Lipinski definition) is 4. The second kappa shape index (κ2) is 8.33. The average Bonchev–Trinajstić information content (AvgIpc) is 2.69. The quantitative estimate of drug-likeness (QED) is 0.798. The molecule has 0 saturated carbocycles. The van der Waals surface area contributed by atoms with Gasteiger partial charge in [0, 0.05) is 18.3 Å². The minimum atomic E-state index is -0.0723. The zero-order chi connectivity index (χ0) is 20.3. The average molecular weight is 382 g/mol. The highest BCUT2D eigenvalue weighted by Gasteiger charge is 2.33. The molecular weight excluding hydrogens is 356 g/mol. The van der Waals surface area contributed by atoms with Crippen LogP contribution in [0.1, 0.15) is 18.1 Å². The summed E-state index contributed by atoms with van der Waals surface area (Å²) >= 11 is 0. The summed E-state index contributed by atoms with van der Waals surface area (Å²) in [6.07, 6.45) is 0.211. The van der Waals surface area contributed by atoms with Crippen molar-refractivity contribution in [1.29, 1.82) is 0 Å². The number of rotatable bonds is 5. The number of benzene rings is 2. The van der Waals surface area contributed by atoms with Crippen LogP contribution in [0.3, 0.4) is 0 Å². The summed E-state index contributed by atoms with van der Waals surface area (Å²) in [7, 11) is 3.14. The first-order valence-electron chi connectivity index (χ1n) is 9.30. The van der Waals surface area contributed by atoms with Crippen molar-refractivity contribution in [3.8, 4) is 11.5 Å². The van der Waals surface area contributed by atoms with Crippen molar-refractivity contribution in [2.45, 2.75) is 26.3 Å². The number of piperazine rings is 1. The lowest BCUT2D eigenvalue weighted by Crippen LogP contribution is -2.57. The predicted octanol–water partition coefficient (Wildman–Crippen LogP) is 2.82. The van der Waals surface area contributed by atoms with Gasteiger partial charge in [0.2, 0.25) is 11.8 Å². The highest BCUT2D eigenvalue weighted by molar-refractivity contribution is 5.98. The number of carbonyl (C=O) groups excluding carboxylic acids is 2. The van der Waals surface area contributed by atoms with Crippen molar-refractivity contribution in [3.63, 3.8) is 0 Å². The maximum atomic E-state index is 12.9. The molecule has 1 atom stereocenters. The van der Waals surface area contributed by atoms with Gasteiger partial charge in [0.15, 0.2) is 11.5 Å². The molecule has 3 rings (SSSR count). The summed E-state index contributed by atoms with van der Waals surface area (Å²) in [5, 5.41) is 0. The van der Waals surface area contributed by atoms with Crippen molar-refractivity contribution in [2.75, 3.05) is 32.2 Å². The van der Waals surface area contributed by atoms with Crippen LogP contribution >= 0.6 is 0 Å². The number of ether oxygens (including phenoxy) is 2. The predicted molar refractivity (Wildman–Crippen MR) is 108 cm³/mol. The molecule has 0 spiro atoms. The maximum absolute atomic E-state index is 12.9. The van der Waals surface area contributed by atoms with Crippen molar-refractivity contribution in [1.82, 2.24) is 4.90 Å². The minimum Gasteiger partial charge on any atom is -0.493 e. The van der Waals surface area contributed by atoms with Gasteiger partial charge in [-0.2, -0.15) is 0 Å². The van der Waals surface area contributed by atoms with Crippen LogP contribution in [0.15, 0.2) is 42.5 Å². The van der Waals surface area contributed by atoms with Gasteiger partial charge in [0.1, 0.15) is 6.54 Å². The van der Waals surface area contributed by atoms with Crippen molar-refractivity contribution in [3.05, 3.63) is 53.6 Å². The smallest absolute Gasteiger partial charge is 0.246 e. The van der Waals surface area contributed by atoms with E-state index in [-0.39, 0.29) is 30.8 Å². The third-order valence-corrected chi connectivity index (χ3v) is 5.02. The molecular formula is C22H26N2O4. The minimum absolute atomic E-state index is 0.0640. The molecule has 6 heteroatoms. The van der Waals surface area contributed by atoms with E-state index in [1.54, 1.807) is 36.2 Å². The molecule has 0 bridgehead atoms. The first-order chi connectivity index (χ1) is 13.4. The molecule has 1 aliphatic rings. The second-order valence-corrected chi connectivity index (χ2v) is 7.08. The summed E-state index contributed by atoms with van der Waals surface area (Å²) < 4.78 is 10.5. The fraction of sp³-hybridized carbons (Fsp3) is 0.364. The van der Waals surface area contributed by atoms with E-state index in [9.17, 15) is 9.59 Å². The van der Waals surface area contributed by atoms with E-state index in [4.69, 9.17) is 9.47 Å². The Labute approximate surface area is 165 Å². The van der Waals surface area contributed by atoms with Gasteiger partial charge in [-0.3, -0.25) is 9.59 Å². The number of amides is 2. The third kappa shape index (κ3) is 4.11. The summed E-state index contributed by atoms with van der Waals surface area (Å²) in [5.41, 5.74) is 2.80. The van der Waals surface area contributed by atoms with Crippen molar-refractivity contribution in [2.24, 2.45) is 0 Å². The summed E-state index contributed by atoms with van der Waals surface area (Å²) in [5.74, 6) is 1.07. The molecule has 1 heterocycles. The summed E-state index contributed by atoms with van der Waals surface area (Å²) in [6, 6.07) is 13.2. The molecule has 0 N–H and O–H groups in total. The SMILES string of the molecule is COc1ccc(CC(=O)N2CC(=O)N(c3cccc(C)c3)C[C@H]2C)cc1OC. The van der Waals surface area contributed by atoms with E-state index in [1.807, 2.05) is 44.2 Å². The Morgan fingerprint density at radius 3 is 2.54 bits per heavy atom. The molecule has 1 aliphatic heterocycles. The number of nitrogens with zero attached hydrogens (tertiary/aromatic N) is 2. The highest BCUT2D eigenvalue weighted by Crippen LogP contribution is 2.28. The van der Waals surface area contributed by atoms with Gasteiger partial charge in [-0.05, 0) is 49.2 Å². The number of hydrogen-bond donors (Lipinski definition) is 0. The Balaban J connectivity index is 1.71. The standard InChI is InChI=1S/C22H26N2O4/c1-15-6-5-7-18(10-15)24-13-16(2)23(14-22(24)26)21(25)12-17-8-9-19(27-3)20(11-17)28-4/h5-11,16H,12-14H2,1-4H3/t16-/m1/s1. The van der Waals surface area contributed by atoms with Crippen LogP contribution in [0, 0.1) is 6.92 Å². The van der Waals surface area contributed by atoms with Gasteiger partial charge in [-0.25, -0.2) is 0 Å². The Morgan fingerprint density at radius 2 is 1.86 bits per heavy atom. The molecule has 1 fully saturated rings. The molecule has 2 aromatic carbocycles. The monoisotopic (exact) mass is 382 g/mol. The van der Waals surface area contributed by atoms with E-state index >= 15 is 0 Å². The molecule has 6 nitrogen and oxygen atoms in total. The van der Waals surface area contributed by atoms with Crippen LogP contribution in [-0.2, 0) is 16.0 Å². The van der Waals surface area contributed by atoms with Crippen LogP contribution in [0.4, 0.5) is 5.69 Å². The van der Waals surface area contributed by atoms with Gasteiger partial charge in [0.05, 0.1) is 20.6 Å². The van der Waals surface area contributed by atoms with Gasteiger partial charge in [-0.1, -0.05) is 18.2 Å². The maximum Gasteiger partial charge on any atom is 0.246 e. The first-order valence-corrected chi connectivity index (χ1v) is 9.30. The van der Waals surface area contributed by atoms with Crippen LogP contribution < -0.4 is 14.4 Å². The van der Waals surface area contributed by atoms with E-state index in [0.717, 1.165) is 16.8 Å². The zero-order valence-electron chi connectivity index (χ0n) is 16.8. The number of anilines is 1. The molecule has 2 aromatic rings. The lowest BCUT2D eigenvalue weighted by molar-refractivity contribution is -0.138. The van der Waals surface area contributed by atoms with Gasteiger partial charge in [-0.15, -0.1) is 0 Å².